The molecule has 0 amide bonds. The third kappa shape index (κ3) is 3.49. The second kappa shape index (κ2) is 7.19. The number of hydrazone groups is 1. The number of pyridine rings is 1. The predicted octanol–water partition coefficient (Wildman–Crippen LogP) is 5.24. The summed E-state index contributed by atoms with van der Waals surface area (Å²) in [5.41, 5.74) is 4.39. The van der Waals surface area contributed by atoms with Crippen molar-refractivity contribution in [2.45, 2.75) is 12.3 Å². The molecule has 2 heterocycles. The van der Waals surface area contributed by atoms with Gasteiger partial charge in [0, 0.05) is 29.6 Å². The minimum Gasteiger partial charge on any atom is -0.265 e. The smallest absolute Gasteiger partial charge is 0.0872 e. The Morgan fingerprint density at radius 1 is 0.880 bits per heavy atom. The maximum atomic E-state index is 4.90. The fraction of sp³-hybridized carbons (Fsp3) is 0.143. The highest BCUT2D eigenvalue weighted by molar-refractivity contribution is 9.10. The fourth-order valence-corrected chi connectivity index (χ4v) is 3.81. The number of hydrogen-bond donors (Lipinski definition) is 0. The van der Waals surface area contributed by atoms with Crippen molar-refractivity contribution in [3.8, 4) is 0 Å². The molecule has 0 aliphatic carbocycles. The van der Waals surface area contributed by atoms with Gasteiger partial charge in [-0.2, -0.15) is 5.10 Å². The highest BCUT2D eigenvalue weighted by Gasteiger charge is 2.26. The van der Waals surface area contributed by atoms with Crippen molar-refractivity contribution in [2.75, 3.05) is 11.6 Å². The van der Waals surface area contributed by atoms with Crippen LogP contribution in [0.5, 0.6) is 0 Å². The Hall–Kier alpha value is -2.46. The Labute approximate surface area is 156 Å². The van der Waals surface area contributed by atoms with E-state index in [2.05, 4.69) is 62.3 Å². The first-order valence-electron chi connectivity index (χ1n) is 8.37. The van der Waals surface area contributed by atoms with Gasteiger partial charge in [0.2, 0.25) is 0 Å². The predicted molar refractivity (Wildman–Crippen MR) is 106 cm³/mol. The van der Waals surface area contributed by atoms with E-state index in [4.69, 9.17) is 5.10 Å². The minimum atomic E-state index is 0.352. The van der Waals surface area contributed by atoms with E-state index in [1.165, 1.54) is 5.56 Å². The lowest BCUT2D eigenvalue weighted by Gasteiger charge is -2.32. The lowest BCUT2D eigenvalue weighted by Crippen LogP contribution is -2.32. The third-order valence-corrected chi connectivity index (χ3v) is 5.16. The number of benzene rings is 2. The normalized spacial score (nSPS) is 17.2. The number of aromatic nitrogens is 1. The van der Waals surface area contributed by atoms with Crippen LogP contribution in [0.2, 0.25) is 0 Å². The molecule has 0 radical (unpaired) electrons. The van der Waals surface area contributed by atoms with Crippen molar-refractivity contribution >= 4 is 27.3 Å². The van der Waals surface area contributed by atoms with Gasteiger partial charge in [-0.1, -0.05) is 58.4 Å². The third-order valence-electron chi connectivity index (χ3n) is 4.43. The molecular weight excluding hydrogens is 374 g/mol. The van der Waals surface area contributed by atoms with Gasteiger partial charge in [-0.15, -0.1) is 0 Å². The van der Waals surface area contributed by atoms with Gasteiger partial charge < -0.3 is 0 Å². The molecule has 1 aliphatic rings. The summed E-state index contributed by atoms with van der Waals surface area (Å²) >= 11 is 3.71. The van der Waals surface area contributed by atoms with Gasteiger partial charge in [-0.3, -0.25) is 9.99 Å². The summed E-state index contributed by atoms with van der Waals surface area (Å²) in [5.74, 6) is 0.352. The summed E-state index contributed by atoms with van der Waals surface area (Å²) in [4.78, 5) is 4.51. The Bertz CT molecular complexity index is 878. The Balaban J connectivity index is 1.75. The topological polar surface area (TPSA) is 28.5 Å². The van der Waals surface area contributed by atoms with Crippen LogP contribution in [-0.4, -0.2) is 17.2 Å². The molecule has 0 N–H and O–H groups in total. The van der Waals surface area contributed by atoms with Gasteiger partial charge in [0.25, 0.3) is 0 Å². The first kappa shape index (κ1) is 16.0. The maximum Gasteiger partial charge on any atom is 0.0872 e. The Kier molecular flexibility index (Phi) is 4.61. The number of nitrogens with zero attached hydrogens (tertiary/aromatic N) is 3. The van der Waals surface area contributed by atoms with Gasteiger partial charge in [0.1, 0.15) is 0 Å². The van der Waals surface area contributed by atoms with Crippen LogP contribution in [0.1, 0.15) is 23.6 Å². The molecule has 3 nitrogen and oxygen atoms in total. The molecule has 25 heavy (non-hydrogen) atoms. The fourth-order valence-electron chi connectivity index (χ4n) is 3.20. The van der Waals surface area contributed by atoms with E-state index in [1.807, 2.05) is 42.6 Å². The minimum absolute atomic E-state index is 0.352. The Morgan fingerprint density at radius 3 is 2.40 bits per heavy atom. The zero-order valence-electron chi connectivity index (χ0n) is 13.7. The van der Waals surface area contributed by atoms with Crippen molar-refractivity contribution in [1.82, 2.24) is 4.98 Å². The van der Waals surface area contributed by atoms with Gasteiger partial charge in [-0.05, 0) is 35.9 Å². The van der Waals surface area contributed by atoms with Crippen molar-refractivity contribution in [1.29, 1.82) is 0 Å². The second-order valence-corrected chi connectivity index (χ2v) is 6.96. The number of hydrogen-bond acceptors (Lipinski definition) is 3. The van der Waals surface area contributed by atoms with Crippen LogP contribution < -0.4 is 5.01 Å². The molecule has 1 unspecified atom stereocenters. The Morgan fingerprint density at radius 2 is 1.64 bits per heavy atom. The van der Waals surface area contributed by atoms with Crippen LogP contribution in [0.4, 0.5) is 5.69 Å². The SMILES string of the molecule is Brc1ccccc1C1CC(c2ccccn2)=NN(c2ccccc2)C1. The van der Waals surface area contributed by atoms with Crippen LogP contribution >= 0.6 is 15.9 Å². The van der Waals surface area contributed by atoms with Crippen LogP contribution in [-0.2, 0) is 0 Å². The molecule has 2 aromatic carbocycles. The second-order valence-electron chi connectivity index (χ2n) is 6.10. The molecule has 1 aliphatic heterocycles. The summed E-state index contributed by atoms with van der Waals surface area (Å²) in [6.45, 7) is 0.850. The molecule has 1 atom stereocenters. The zero-order chi connectivity index (χ0) is 17.1. The summed E-state index contributed by atoms with van der Waals surface area (Å²) in [5, 5.41) is 6.99. The molecule has 3 aromatic rings. The van der Waals surface area contributed by atoms with Crippen LogP contribution in [0.15, 0.2) is 88.6 Å². The van der Waals surface area contributed by atoms with E-state index in [0.717, 1.165) is 34.5 Å². The van der Waals surface area contributed by atoms with Crippen molar-refractivity contribution in [2.24, 2.45) is 5.10 Å². The number of halogens is 1. The zero-order valence-corrected chi connectivity index (χ0v) is 15.3. The van der Waals surface area contributed by atoms with Crippen molar-refractivity contribution in [3.63, 3.8) is 0 Å². The molecule has 4 heteroatoms. The highest BCUT2D eigenvalue weighted by atomic mass is 79.9. The van der Waals surface area contributed by atoms with E-state index in [-0.39, 0.29) is 0 Å². The molecule has 124 valence electrons. The van der Waals surface area contributed by atoms with Crippen molar-refractivity contribution in [3.05, 3.63) is 94.7 Å². The van der Waals surface area contributed by atoms with Crippen molar-refractivity contribution < 1.29 is 0 Å². The highest BCUT2D eigenvalue weighted by Crippen LogP contribution is 2.33. The summed E-state index contributed by atoms with van der Waals surface area (Å²) < 4.78 is 1.15. The van der Waals surface area contributed by atoms with E-state index < -0.39 is 0 Å². The molecule has 0 saturated heterocycles. The van der Waals surface area contributed by atoms with E-state index in [1.54, 1.807) is 0 Å². The van der Waals surface area contributed by atoms with E-state index in [9.17, 15) is 0 Å². The lowest BCUT2D eigenvalue weighted by atomic mass is 9.90. The maximum absolute atomic E-state index is 4.90. The summed E-state index contributed by atoms with van der Waals surface area (Å²) in [6.07, 6.45) is 2.70. The number of para-hydroxylation sites is 1. The molecule has 0 fully saturated rings. The first-order chi connectivity index (χ1) is 12.3. The van der Waals surface area contributed by atoms with E-state index >= 15 is 0 Å². The molecule has 0 bridgehead atoms. The molecule has 0 saturated carbocycles. The average Bonchev–Trinajstić information content (AvgIpc) is 2.69. The van der Waals surface area contributed by atoms with Gasteiger partial charge in [-0.25, -0.2) is 0 Å². The average molecular weight is 392 g/mol. The van der Waals surface area contributed by atoms with Crippen LogP contribution in [0, 0.1) is 0 Å². The van der Waals surface area contributed by atoms with Crippen LogP contribution in [0.25, 0.3) is 0 Å². The monoisotopic (exact) mass is 391 g/mol. The van der Waals surface area contributed by atoms with Gasteiger partial charge >= 0.3 is 0 Å². The van der Waals surface area contributed by atoms with Gasteiger partial charge in [0.05, 0.1) is 17.1 Å². The molecular formula is C21H18BrN3. The molecule has 1 aromatic heterocycles. The largest absolute Gasteiger partial charge is 0.265 e. The number of rotatable bonds is 3. The summed E-state index contributed by atoms with van der Waals surface area (Å²) in [7, 11) is 0. The standard InChI is InChI=1S/C21H18BrN3/c22-19-11-5-4-10-18(19)16-14-21(20-12-6-7-13-23-20)24-25(15-16)17-8-2-1-3-9-17/h1-13,16H,14-15H2. The first-order valence-corrected chi connectivity index (χ1v) is 9.16. The molecule has 0 spiro atoms. The van der Waals surface area contributed by atoms with Crippen LogP contribution in [0.3, 0.4) is 0 Å². The summed E-state index contributed by atoms with van der Waals surface area (Å²) in [6, 6.07) is 24.8. The quantitative estimate of drug-likeness (QED) is 0.610. The van der Waals surface area contributed by atoms with E-state index in [0.29, 0.717) is 5.92 Å². The number of anilines is 1. The van der Waals surface area contributed by atoms with Gasteiger partial charge in [0.15, 0.2) is 0 Å². The molecule has 4 rings (SSSR count). The lowest BCUT2D eigenvalue weighted by molar-refractivity contribution is 0.643.